The summed E-state index contributed by atoms with van der Waals surface area (Å²) in [5, 5.41) is 9.67. The summed E-state index contributed by atoms with van der Waals surface area (Å²) >= 11 is 0. The molecule has 0 aromatic carbocycles. The van der Waals surface area contributed by atoms with Gasteiger partial charge in [-0.15, -0.1) is 0 Å². The molecule has 3 heterocycles. The molecule has 0 amide bonds. The van der Waals surface area contributed by atoms with E-state index in [1.54, 1.807) is 0 Å². The predicted molar refractivity (Wildman–Crippen MR) is 70.4 cm³/mol. The lowest BCUT2D eigenvalue weighted by atomic mass is 10.1. The lowest BCUT2D eigenvalue weighted by Crippen LogP contribution is -2.37. The fourth-order valence-corrected chi connectivity index (χ4v) is 2.64. The molecule has 0 bridgehead atoms. The molecule has 1 aliphatic rings. The van der Waals surface area contributed by atoms with Crippen LogP contribution in [0.25, 0.3) is 5.65 Å². The maximum absolute atomic E-state index is 9.67. The molecule has 4 nitrogen and oxygen atoms in total. The average Bonchev–Trinajstić information content (AvgIpc) is 2.70. The third-order valence-electron chi connectivity index (χ3n) is 3.52. The summed E-state index contributed by atoms with van der Waals surface area (Å²) in [7, 11) is 0. The van der Waals surface area contributed by atoms with Crippen LogP contribution in [0.3, 0.4) is 0 Å². The highest BCUT2D eigenvalue weighted by atomic mass is 16.3. The van der Waals surface area contributed by atoms with E-state index in [4.69, 9.17) is 0 Å². The van der Waals surface area contributed by atoms with Crippen LogP contribution in [0.4, 0.5) is 0 Å². The lowest BCUT2D eigenvalue weighted by molar-refractivity contribution is 0.0663. The molecule has 0 saturated carbocycles. The van der Waals surface area contributed by atoms with E-state index in [9.17, 15) is 5.11 Å². The third-order valence-corrected chi connectivity index (χ3v) is 3.52. The number of aromatic nitrogens is 2. The molecule has 1 fully saturated rings. The first-order valence-electron chi connectivity index (χ1n) is 6.55. The van der Waals surface area contributed by atoms with Crippen molar-refractivity contribution in [1.82, 2.24) is 14.3 Å². The van der Waals surface area contributed by atoms with E-state index >= 15 is 0 Å². The molecule has 96 valence electrons. The van der Waals surface area contributed by atoms with Gasteiger partial charge in [-0.3, -0.25) is 4.90 Å². The summed E-state index contributed by atoms with van der Waals surface area (Å²) in [5.74, 6) is 0. The molecule has 1 atom stereocenters. The van der Waals surface area contributed by atoms with Crippen molar-refractivity contribution >= 4 is 5.65 Å². The molecule has 0 aliphatic carbocycles. The topological polar surface area (TPSA) is 40.8 Å². The Morgan fingerprint density at radius 2 is 2.28 bits per heavy atom. The molecule has 18 heavy (non-hydrogen) atoms. The number of aliphatic hydroxyl groups excluding tert-OH is 1. The summed E-state index contributed by atoms with van der Waals surface area (Å²) in [6.07, 6.45) is 6.02. The molecular weight excluding hydrogens is 226 g/mol. The van der Waals surface area contributed by atoms with Gasteiger partial charge in [0.2, 0.25) is 0 Å². The Balaban J connectivity index is 1.78. The zero-order valence-electron chi connectivity index (χ0n) is 10.7. The Kier molecular flexibility index (Phi) is 3.06. The molecule has 3 rings (SSSR count). The minimum atomic E-state index is -0.168. The van der Waals surface area contributed by atoms with E-state index in [1.807, 2.05) is 6.07 Å². The number of fused-ring (bicyclic) bond motifs is 1. The second-order valence-corrected chi connectivity index (χ2v) is 5.24. The van der Waals surface area contributed by atoms with Gasteiger partial charge in [0.1, 0.15) is 5.65 Å². The SMILES string of the molecule is Cc1ccc2nc(CN3CCCC(O)C3)cn2c1. The van der Waals surface area contributed by atoms with Crippen LogP contribution in [0.2, 0.25) is 0 Å². The number of aliphatic hydroxyl groups is 1. The van der Waals surface area contributed by atoms with Crippen molar-refractivity contribution in [2.75, 3.05) is 13.1 Å². The number of pyridine rings is 1. The minimum absolute atomic E-state index is 0.168. The third kappa shape index (κ3) is 2.40. The van der Waals surface area contributed by atoms with Gasteiger partial charge in [-0.2, -0.15) is 0 Å². The molecule has 1 aliphatic heterocycles. The molecule has 2 aromatic heterocycles. The Bertz CT molecular complexity index is 549. The quantitative estimate of drug-likeness (QED) is 0.873. The Labute approximate surface area is 107 Å². The molecule has 0 spiro atoms. The molecule has 0 radical (unpaired) electrons. The van der Waals surface area contributed by atoms with Crippen LogP contribution in [-0.2, 0) is 6.54 Å². The summed E-state index contributed by atoms with van der Waals surface area (Å²) in [6, 6.07) is 4.13. The Morgan fingerprint density at radius 3 is 3.11 bits per heavy atom. The van der Waals surface area contributed by atoms with Crippen molar-refractivity contribution in [1.29, 1.82) is 0 Å². The van der Waals surface area contributed by atoms with Crippen LogP contribution >= 0.6 is 0 Å². The summed E-state index contributed by atoms with van der Waals surface area (Å²) in [6.45, 7) is 4.74. The van der Waals surface area contributed by atoms with Crippen LogP contribution < -0.4 is 0 Å². The smallest absolute Gasteiger partial charge is 0.137 e. The number of hydrogen-bond donors (Lipinski definition) is 1. The number of nitrogens with zero attached hydrogens (tertiary/aromatic N) is 3. The maximum Gasteiger partial charge on any atom is 0.137 e. The first-order valence-corrected chi connectivity index (χ1v) is 6.55. The van der Waals surface area contributed by atoms with Gasteiger partial charge in [0, 0.05) is 25.5 Å². The Morgan fingerprint density at radius 1 is 1.39 bits per heavy atom. The number of aryl methyl sites for hydroxylation is 1. The first-order chi connectivity index (χ1) is 8.70. The van der Waals surface area contributed by atoms with E-state index in [-0.39, 0.29) is 6.10 Å². The normalized spacial score (nSPS) is 21.6. The standard InChI is InChI=1S/C14H19N3O/c1-11-4-5-14-15-12(9-17(14)7-11)8-16-6-2-3-13(18)10-16/h4-5,7,9,13,18H,2-3,6,8,10H2,1H3. The van der Waals surface area contributed by atoms with Crippen molar-refractivity contribution < 1.29 is 5.11 Å². The molecule has 2 aromatic rings. The van der Waals surface area contributed by atoms with Crippen LogP contribution in [0.1, 0.15) is 24.1 Å². The largest absolute Gasteiger partial charge is 0.392 e. The zero-order valence-corrected chi connectivity index (χ0v) is 10.7. The Hall–Kier alpha value is -1.39. The van der Waals surface area contributed by atoms with Gasteiger partial charge in [0.25, 0.3) is 0 Å². The number of piperidine rings is 1. The van der Waals surface area contributed by atoms with Gasteiger partial charge in [0.05, 0.1) is 11.8 Å². The van der Waals surface area contributed by atoms with Gasteiger partial charge in [-0.05, 0) is 37.9 Å². The van der Waals surface area contributed by atoms with E-state index in [0.29, 0.717) is 0 Å². The van der Waals surface area contributed by atoms with E-state index < -0.39 is 0 Å². The van der Waals surface area contributed by atoms with Gasteiger partial charge >= 0.3 is 0 Å². The van der Waals surface area contributed by atoms with Gasteiger partial charge in [-0.25, -0.2) is 4.98 Å². The molecule has 1 N–H and O–H groups in total. The van der Waals surface area contributed by atoms with Crippen LogP contribution in [-0.4, -0.2) is 38.6 Å². The molecule has 4 heteroatoms. The number of imidazole rings is 1. The number of likely N-dealkylation sites (tertiary alicyclic amines) is 1. The predicted octanol–water partition coefficient (Wildman–Crippen LogP) is 1.60. The van der Waals surface area contributed by atoms with Crippen molar-refractivity contribution in [2.24, 2.45) is 0 Å². The zero-order chi connectivity index (χ0) is 12.5. The average molecular weight is 245 g/mol. The maximum atomic E-state index is 9.67. The number of β-amino-alcohol motifs (C(OH)–C–C–N with tert-alkyl or cyclic N) is 1. The molecule has 1 unspecified atom stereocenters. The number of hydrogen-bond acceptors (Lipinski definition) is 3. The first kappa shape index (κ1) is 11.7. The summed E-state index contributed by atoms with van der Waals surface area (Å²) < 4.78 is 2.07. The summed E-state index contributed by atoms with van der Waals surface area (Å²) in [5.41, 5.74) is 3.31. The highest BCUT2D eigenvalue weighted by Gasteiger charge is 2.18. The van der Waals surface area contributed by atoms with Crippen LogP contribution in [0.15, 0.2) is 24.5 Å². The van der Waals surface area contributed by atoms with E-state index in [0.717, 1.165) is 43.8 Å². The fourth-order valence-electron chi connectivity index (χ4n) is 2.64. The molecule has 1 saturated heterocycles. The van der Waals surface area contributed by atoms with Crippen molar-refractivity contribution in [3.05, 3.63) is 35.8 Å². The number of rotatable bonds is 2. The van der Waals surface area contributed by atoms with Gasteiger partial charge in [-0.1, -0.05) is 6.07 Å². The van der Waals surface area contributed by atoms with Crippen LogP contribution in [0, 0.1) is 6.92 Å². The minimum Gasteiger partial charge on any atom is -0.392 e. The van der Waals surface area contributed by atoms with Crippen molar-refractivity contribution in [3.8, 4) is 0 Å². The van der Waals surface area contributed by atoms with Gasteiger partial charge < -0.3 is 9.51 Å². The lowest BCUT2D eigenvalue weighted by Gasteiger charge is -2.29. The monoisotopic (exact) mass is 245 g/mol. The summed E-state index contributed by atoms with van der Waals surface area (Å²) in [4.78, 5) is 6.89. The van der Waals surface area contributed by atoms with Gasteiger partial charge in [0.15, 0.2) is 0 Å². The van der Waals surface area contributed by atoms with E-state index in [1.165, 1.54) is 5.56 Å². The van der Waals surface area contributed by atoms with Crippen molar-refractivity contribution in [2.45, 2.75) is 32.4 Å². The molecular formula is C14H19N3O. The highest BCUT2D eigenvalue weighted by Crippen LogP contribution is 2.14. The van der Waals surface area contributed by atoms with E-state index in [2.05, 4.69) is 39.7 Å². The second-order valence-electron chi connectivity index (χ2n) is 5.24. The van der Waals surface area contributed by atoms with Crippen molar-refractivity contribution in [3.63, 3.8) is 0 Å². The van der Waals surface area contributed by atoms with Crippen LogP contribution in [0.5, 0.6) is 0 Å². The highest BCUT2D eigenvalue weighted by molar-refractivity contribution is 5.41. The second kappa shape index (κ2) is 4.71. The fraction of sp³-hybridized carbons (Fsp3) is 0.500.